The van der Waals surface area contributed by atoms with Gasteiger partial charge in [-0.2, -0.15) is 0 Å². The van der Waals surface area contributed by atoms with Gasteiger partial charge in [0.05, 0.1) is 17.3 Å². The van der Waals surface area contributed by atoms with Crippen molar-refractivity contribution in [1.29, 1.82) is 0 Å². The number of hydrogen-bond acceptors (Lipinski definition) is 4. The van der Waals surface area contributed by atoms with Gasteiger partial charge in [0.1, 0.15) is 0 Å². The Bertz CT molecular complexity index is 765. The number of anilines is 2. The molecule has 1 aromatic heterocycles. The van der Waals surface area contributed by atoms with E-state index in [2.05, 4.69) is 28.6 Å². The van der Waals surface area contributed by atoms with E-state index in [0.717, 1.165) is 18.7 Å². The van der Waals surface area contributed by atoms with Crippen molar-refractivity contribution >= 4 is 34.4 Å². The molecule has 1 N–H and O–H groups in total. The maximum absolute atomic E-state index is 11.7. The van der Waals surface area contributed by atoms with E-state index in [1.54, 1.807) is 6.07 Å². The highest BCUT2D eigenvalue weighted by molar-refractivity contribution is 7.10. The Hall–Kier alpha value is -2.14. The second kappa shape index (κ2) is 4.43. The van der Waals surface area contributed by atoms with Gasteiger partial charge in [-0.15, -0.1) is 11.3 Å². The normalized spacial score (nSPS) is 20.2. The molecular formula is C16H14N2O2S. The number of fused-ring (bicyclic) bond motifs is 2. The van der Waals surface area contributed by atoms with Crippen molar-refractivity contribution in [2.24, 2.45) is 0 Å². The molecule has 21 heavy (non-hydrogen) atoms. The van der Waals surface area contributed by atoms with Gasteiger partial charge in [0.25, 0.3) is 11.7 Å². The fourth-order valence-electron chi connectivity index (χ4n) is 3.18. The van der Waals surface area contributed by atoms with Gasteiger partial charge in [-0.25, -0.2) is 0 Å². The van der Waals surface area contributed by atoms with Crippen molar-refractivity contribution in [3.8, 4) is 0 Å². The van der Waals surface area contributed by atoms with E-state index >= 15 is 0 Å². The first kappa shape index (κ1) is 12.6. The number of nitrogens with zero attached hydrogens (tertiary/aromatic N) is 1. The summed E-state index contributed by atoms with van der Waals surface area (Å²) in [5.74, 6) is -0.975. The van der Waals surface area contributed by atoms with Crippen LogP contribution in [0.4, 0.5) is 11.4 Å². The molecule has 0 fully saturated rings. The van der Waals surface area contributed by atoms with E-state index in [-0.39, 0.29) is 0 Å². The predicted octanol–water partition coefficient (Wildman–Crippen LogP) is 3.01. The topological polar surface area (TPSA) is 49.4 Å². The van der Waals surface area contributed by atoms with E-state index in [0.29, 0.717) is 17.3 Å². The summed E-state index contributed by atoms with van der Waals surface area (Å²) in [4.78, 5) is 26.9. The first-order valence-electron chi connectivity index (χ1n) is 6.98. The van der Waals surface area contributed by atoms with E-state index in [1.807, 2.05) is 23.5 Å². The Labute approximate surface area is 126 Å². The van der Waals surface area contributed by atoms with Crippen molar-refractivity contribution in [2.45, 2.75) is 19.4 Å². The zero-order valence-corrected chi connectivity index (χ0v) is 12.4. The number of carbonyl (C=O) groups excluding carboxylic acids is 2. The molecule has 4 nitrogen and oxygen atoms in total. The van der Waals surface area contributed by atoms with Crippen LogP contribution in [0.5, 0.6) is 0 Å². The second-order valence-electron chi connectivity index (χ2n) is 5.43. The molecule has 0 saturated heterocycles. The van der Waals surface area contributed by atoms with Crippen LogP contribution < -0.4 is 10.2 Å². The lowest BCUT2D eigenvalue weighted by Crippen LogP contribution is -2.33. The number of carbonyl (C=O) groups is 2. The van der Waals surface area contributed by atoms with Crippen LogP contribution in [-0.2, 0) is 11.2 Å². The fraction of sp³-hybridized carbons (Fsp3) is 0.250. The lowest BCUT2D eigenvalue weighted by molar-refractivity contribution is -0.112. The van der Waals surface area contributed by atoms with Gasteiger partial charge in [-0.3, -0.25) is 9.59 Å². The first-order chi connectivity index (χ1) is 10.1. The Balaban J connectivity index is 1.71. The molecule has 0 bridgehead atoms. The minimum absolute atomic E-state index is 0.311. The highest BCUT2D eigenvalue weighted by Gasteiger charge is 2.30. The van der Waals surface area contributed by atoms with Crippen molar-refractivity contribution < 1.29 is 9.59 Å². The summed E-state index contributed by atoms with van der Waals surface area (Å²) in [5.41, 5.74) is 3.54. The van der Waals surface area contributed by atoms with E-state index < -0.39 is 11.7 Å². The molecule has 106 valence electrons. The van der Waals surface area contributed by atoms with Gasteiger partial charge in [-0.1, -0.05) is 0 Å². The summed E-state index contributed by atoms with van der Waals surface area (Å²) < 4.78 is 0. The number of nitrogens with one attached hydrogen (secondary N) is 1. The Morgan fingerprint density at radius 3 is 3.00 bits per heavy atom. The Morgan fingerprint density at radius 1 is 1.29 bits per heavy atom. The second-order valence-corrected chi connectivity index (χ2v) is 6.43. The van der Waals surface area contributed by atoms with Gasteiger partial charge in [0.2, 0.25) is 0 Å². The van der Waals surface area contributed by atoms with Crippen LogP contribution >= 0.6 is 11.3 Å². The Kier molecular flexibility index (Phi) is 2.65. The summed E-state index contributed by atoms with van der Waals surface area (Å²) in [5, 5.41) is 4.79. The van der Waals surface area contributed by atoms with Gasteiger partial charge < -0.3 is 10.2 Å². The fourth-order valence-corrected chi connectivity index (χ4v) is 4.14. The van der Waals surface area contributed by atoms with E-state index in [4.69, 9.17) is 0 Å². The number of benzene rings is 1. The molecule has 0 aliphatic carbocycles. The third-order valence-electron chi connectivity index (χ3n) is 4.31. The third-order valence-corrected chi connectivity index (χ3v) is 5.31. The first-order valence-corrected chi connectivity index (χ1v) is 7.86. The van der Waals surface area contributed by atoms with Gasteiger partial charge in [-0.05, 0) is 48.6 Å². The highest BCUT2D eigenvalue weighted by Crippen LogP contribution is 2.38. The standard InChI is InChI=1S/C16H14N2O2S/c1-9-11-5-7-21-14(11)4-6-18(9)10-2-3-12-13(8-10)17-16(20)15(12)19/h2-3,5,7-9H,4,6H2,1H3,(H,17,19,20). The largest absolute Gasteiger partial charge is 0.364 e. The maximum Gasteiger partial charge on any atom is 0.296 e. The Morgan fingerprint density at radius 2 is 2.14 bits per heavy atom. The smallest absolute Gasteiger partial charge is 0.296 e. The molecule has 1 unspecified atom stereocenters. The molecule has 1 atom stereocenters. The van der Waals surface area contributed by atoms with Crippen LogP contribution in [0.2, 0.25) is 0 Å². The lowest BCUT2D eigenvalue weighted by atomic mass is 10.00. The van der Waals surface area contributed by atoms with Gasteiger partial charge in [0, 0.05) is 17.1 Å². The average molecular weight is 298 g/mol. The van der Waals surface area contributed by atoms with Crippen molar-refractivity contribution in [2.75, 3.05) is 16.8 Å². The van der Waals surface area contributed by atoms with E-state index in [9.17, 15) is 9.59 Å². The molecule has 3 heterocycles. The van der Waals surface area contributed by atoms with Crippen LogP contribution in [-0.4, -0.2) is 18.2 Å². The third kappa shape index (κ3) is 1.81. The number of hydrogen-bond donors (Lipinski definition) is 1. The maximum atomic E-state index is 11.7. The average Bonchev–Trinajstić information content (AvgIpc) is 3.05. The molecule has 4 rings (SSSR count). The van der Waals surface area contributed by atoms with Gasteiger partial charge >= 0.3 is 0 Å². The zero-order valence-electron chi connectivity index (χ0n) is 11.6. The molecule has 0 saturated carbocycles. The highest BCUT2D eigenvalue weighted by atomic mass is 32.1. The summed E-state index contributed by atoms with van der Waals surface area (Å²) in [7, 11) is 0. The van der Waals surface area contributed by atoms with E-state index in [1.165, 1.54) is 10.4 Å². The SMILES string of the molecule is CC1c2ccsc2CCN1c1ccc2c(c1)NC(=O)C2=O. The molecule has 1 amide bonds. The molecule has 2 aliphatic rings. The van der Waals surface area contributed by atoms with Crippen LogP contribution in [0.15, 0.2) is 29.6 Å². The number of Topliss-reactive ketones (excluding diaryl/α,β-unsaturated/α-hetero) is 1. The monoisotopic (exact) mass is 298 g/mol. The summed E-state index contributed by atoms with van der Waals surface area (Å²) >= 11 is 1.82. The number of amides is 1. The van der Waals surface area contributed by atoms with Crippen molar-refractivity contribution in [3.05, 3.63) is 45.6 Å². The summed E-state index contributed by atoms with van der Waals surface area (Å²) in [6.45, 7) is 3.15. The quantitative estimate of drug-likeness (QED) is 0.823. The minimum atomic E-state index is -0.533. The minimum Gasteiger partial charge on any atom is -0.364 e. The summed E-state index contributed by atoms with van der Waals surface area (Å²) in [6, 6.07) is 8.10. The molecule has 0 radical (unpaired) electrons. The predicted molar refractivity (Wildman–Crippen MR) is 83.2 cm³/mol. The molecule has 2 aliphatic heterocycles. The van der Waals surface area contributed by atoms with Crippen LogP contribution in [0.25, 0.3) is 0 Å². The number of thiophene rings is 1. The molecule has 0 spiro atoms. The van der Waals surface area contributed by atoms with Crippen LogP contribution in [0, 0.1) is 0 Å². The molecule has 1 aromatic carbocycles. The number of ketones is 1. The molecular weight excluding hydrogens is 284 g/mol. The molecule has 2 aromatic rings. The van der Waals surface area contributed by atoms with Crippen molar-refractivity contribution in [1.82, 2.24) is 0 Å². The molecule has 5 heteroatoms. The summed E-state index contributed by atoms with van der Waals surface area (Å²) in [6.07, 6.45) is 1.04. The van der Waals surface area contributed by atoms with Crippen LogP contribution in [0.1, 0.15) is 33.8 Å². The number of rotatable bonds is 1. The zero-order chi connectivity index (χ0) is 14.6. The lowest BCUT2D eigenvalue weighted by Gasteiger charge is -2.35. The van der Waals surface area contributed by atoms with Gasteiger partial charge in [0.15, 0.2) is 0 Å². The van der Waals surface area contributed by atoms with Crippen LogP contribution in [0.3, 0.4) is 0 Å². The van der Waals surface area contributed by atoms with Crippen molar-refractivity contribution in [3.63, 3.8) is 0 Å².